The zero-order valence-corrected chi connectivity index (χ0v) is 12.5. The average molecular weight is 292 g/mol. The molecule has 1 atom stereocenters. The summed E-state index contributed by atoms with van der Waals surface area (Å²) in [5.41, 5.74) is 0. The minimum Gasteiger partial charge on any atom is -0.317 e. The van der Waals surface area contributed by atoms with E-state index < -0.39 is 10.0 Å². The van der Waals surface area contributed by atoms with E-state index in [1.165, 1.54) is 18.6 Å². The molecule has 2 heterocycles. The maximum absolute atomic E-state index is 12.0. The van der Waals surface area contributed by atoms with Gasteiger partial charge in [0, 0.05) is 11.8 Å². The summed E-state index contributed by atoms with van der Waals surface area (Å²) in [6.45, 7) is 2.54. The molecule has 0 amide bonds. The molecule has 6 heteroatoms. The summed E-state index contributed by atoms with van der Waals surface area (Å²) in [6, 6.07) is 0. The van der Waals surface area contributed by atoms with Crippen molar-refractivity contribution in [2.45, 2.75) is 37.4 Å². The minimum absolute atomic E-state index is 0.312. The van der Waals surface area contributed by atoms with Crippen molar-refractivity contribution >= 4 is 21.8 Å². The van der Waals surface area contributed by atoms with Crippen LogP contribution >= 0.6 is 11.8 Å². The van der Waals surface area contributed by atoms with Crippen molar-refractivity contribution in [3.8, 4) is 0 Å². The first-order chi connectivity index (χ1) is 8.66. The molecule has 0 aromatic rings. The molecular formula is C12H24N2O2S2. The zero-order valence-electron chi connectivity index (χ0n) is 10.9. The van der Waals surface area contributed by atoms with E-state index in [0.717, 1.165) is 32.4 Å². The van der Waals surface area contributed by atoms with Crippen LogP contribution in [-0.2, 0) is 10.0 Å². The first kappa shape index (κ1) is 14.6. The highest BCUT2D eigenvalue weighted by Crippen LogP contribution is 2.24. The number of hydrogen-bond donors (Lipinski definition) is 2. The van der Waals surface area contributed by atoms with E-state index in [1.807, 2.05) is 11.8 Å². The first-order valence-corrected chi connectivity index (χ1v) is 9.65. The molecule has 0 saturated carbocycles. The lowest BCUT2D eigenvalue weighted by Gasteiger charge is -2.24. The molecule has 0 spiro atoms. The van der Waals surface area contributed by atoms with Gasteiger partial charge >= 0.3 is 0 Å². The normalized spacial score (nSPS) is 27.2. The number of thioether (sulfide) groups is 1. The van der Waals surface area contributed by atoms with Gasteiger partial charge in [-0.3, -0.25) is 0 Å². The van der Waals surface area contributed by atoms with Gasteiger partial charge in [-0.1, -0.05) is 6.42 Å². The van der Waals surface area contributed by atoms with Gasteiger partial charge in [0.15, 0.2) is 0 Å². The number of hydrogen-bond acceptors (Lipinski definition) is 4. The number of nitrogens with one attached hydrogen (secondary N) is 2. The molecule has 2 rings (SSSR count). The summed E-state index contributed by atoms with van der Waals surface area (Å²) in [4.78, 5) is 0. The molecule has 2 fully saturated rings. The topological polar surface area (TPSA) is 58.2 Å². The lowest BCUT2D eigenvalue weighted by Crippen LogP contribution is -2.38. The third-order valence-electron chi connectivity index (χ3n) is 3.72. The fourth-order valence-electron chi connectivity index (χ4n) is 2.61. The Balaban J connectivity index is 1.72. The molecular weight excluding hydrogens is 268 g/mol. The maximum atomic E-state index is 12.0. The van der Waals surface area contributed by atoms with Crippen LogP contribution in [0.2, 0.25) is 0 Å². The molecule has 2 N–H and O–H groups in total. The second kappa shape index (κ2) is 7.12. The number of sulfonamides is 1. The van der Waals surface area contributed by atoms with Gasteiger partial charge in [0.05, 0.1) is 5.75 Å². The summed E-state index contributed by atoms with van der Waals surface area (Å²) < 4.78 is 26.8. The summed E-state index contributed by atoms with van der Waals surface area (Å²) in [7, 11) is -3.07. The maximum Gasteiger partial charge on any atom is 0.211 e. The van der Waals surface area contributed by atoms with Crippen molar-refractivity contribution < 1.29 is 8.42 Å². The van der Waals surface area contributed by atoms with Crippen molar-refractivity contribution in [1.29, 1.82) is 0 Å². The van der Waals surface area contributed by atoms with Crippen molar-refractivity contribution in [3.05, 3.63) is 0 Å². The summed E-state index contributed by atoms with van der Waals surface area (Å²) in [5.74, 6) is 1.83. The van der Waals surface area contributed by atoms with E-state index in [2.05, 4.69) is 10.0 Å². The fourth-order valence-corrected chi connectivity index (χ4v) is 5.48. The molecule has 2 aliphatic heterocycles. The van der Waals surface area contributed by atoms with Crippen LogP contribution in [0.15, 0.2) is 0 Å². The molecule has 0 aromatic carbocycles. The molecule has 0 aromatic heterocycles. The second-order valence-corrected chi connectivity index (χ2v) is 8.57. The van der Waals surface area contributed by atoms with Gasteiger partial charge in [-0.2, -0.15) is 11.8 Å². The van der Waals surface area contributed by atoms with Gasteiger partial charge < -0.3 is 5.32 Å². The van der Waals surface area contributed by atoms with E-state index in [9.17, 15) is 8.42 Å². The van der Waals surface area contributed by atoms with Gasteiger partial charge in [-0.25, -0.2) is 13.1 Å². The Morgan fingerprint density at radius 2 is 1.94 bits per heavy atom. The summed E-state index contributed by atoms with van der Waals surface area (Å²) in [6.07, 6.45) is 5.65. The highest BCUT2D eigenvalue weighted by molar-refractivity contribution is 8.00. The second-order valence-electron chi connectivity index (χ2n) is 5.31. The van der Waals surface area contributed by atoms with Crippen LogP contribution in [0, 0.1) is 5.92 Å². The SMILES string of the molecule is O=S(=O)(CC1CCNCC1)NCC1CCCCS1. The molecule has 1 unspecified atom stereocenters. The van der Waals surface area contributed by atoms with E-state index in [1.54, 1.807) is 0 Å². The van der Waals surface area contributed by atoms with Crippen LogP contribution in [0.25, 0.3) is 0 Å². The molecule has 106 valence electrons. The minimum atomic E-state index is -3.07. The molecule has 2 saturated heterocycles. The van der Waals surface area contributed by atoms with E-state index in [-0.39, 0.29) is 0 Å². The highest BCUT2D eigenvalue weighted by Gasteiger charge is 2.22. The number of rotatable bonds is 5. The Labute approximate surface area is 115 Å². The van der Waals surface area contributed by atoms with Crippen LogP contribution in [0.3, 0.4) is 0 Å². The molecule has 2 aliphatic rings. The molecule has 4 nitrogen and oxygen atoms in total. The monoisotopic (exact) mass is 292 g/mol. The molecule has 18 heavy (non-hydrogen) atoms. The number of piperidine rings is 1. The van der Waals surface area contributed by atoms with Gasteiger partial charge in [-0.05, 0) is 50.4 Å². The Hall–Kier alpha value is 0.220. The van der Waals surface area contributed by atoms with Crippen LogP contribution in [0.4, 0.5) is 0 Å². The Bertz CT molecular complexity index is 334. The quantitative estimate of drug-likeness (QED) is 0.799. The Morgan fingerprint density at radius 3 is 2.61 bits per heavy atom. The van der Waals surface area contributed by atoms with Crippen molar-refractivity contribution in [1.82, 2.24) is 10.0 Å². The lowest BCUT2D eigenvalue weighted by molar-refractivity contribution is 0.400. The Kier molecular flexibility index (Phi) is 5.79. The van der Waals surface area contributed by atoms with Crippen LogP contribution in [0.5, 0.6) is 0 Å². The van der Waals surface area contributed by atoms with E-state index in [0.29, 0.717) is 23.5 Å². The predicted molar refractivity (Wildman–Crippen MR) is 77.5 cm³/mol. The van der Waals surface area contributed by atoms with Gasteiger partial charge in [0.25, 0.3) is 0 Å². The van der Waals surface area contributed by atoms with Gasteiger partial charge in [0.1, 0.15) is 0 Å². The molecule has 0 aliphatic carbocycles. The van der Waals surface area contributed by atoms with Crippen LogP contribution in [-0.4, -0.2) is 44.8 Å². The standard InChI is InChI=1S/C12H24N2O2S2/c15-18(16,10-11-4-6-13-7-5-11)14-9-12-3-1-2-8-17-12/h11-14H,1-10H2. The van der Waals surface area contributed by atoms with Gasteiger partial charge in [0.2, 0.25) is 10.0 Å². The highest BCUT2D eigenvalue weighted by atomic mass is 32.2. The van der Waals surface area contributed by atoms with Crippen molar-refractivity contribution in [3.63, 3.8) is 0 Å². The Morgan fingerprint density at radius 1 is 1.17 bits per heavy atom. The molecule has 0 radical (unpaired) electrons. The zero-order chi connectivity index (χ0) is 12.8. The average Bonchev–Trinajstić information content (AvgIpc) is 2.38. The molecule has 0 bridgehead atoms. The van der Waals surface area contributed by atoms with Crippen LogP contribution in [0.1, 0.15) is 32.1 Å². The fraction of sp³-hybridized carbons (Fsp3) is 1.00. The lowest BCUT2D eigenvalue weighted by atomic mass is 10.0. The summed E-state index contributed by atoms with van der Waals surface area (Å²) >= 11 is 1.91. The third kappa shape index (κ3) is 5.07. The van der Waals surface area contributed by atoms with Crippen LogP contribution < -0.4 is 10.0 Å². The largest absolute Gasteiger partial charge is 0.317 e. The summed E-state index contributed by atoms with van der Waals surface area (Å²) in [5, 5.41) is 3.75. The predicted octanol–water partition coefficient (Wildman–Crippen LogP) is 1.19. The third-order valence-corrected chi connectivity index (χ3v) is 6.63. The van der Waals surface area contributed by atoms with Crippen molar-refractivity contribution in [2.24, 2.45) is 5.92 Å². The van der Waals surface area contributed by atoms with Crippen molar-refractivity contribution in [2.75, 3.05) is 31.1 Å². The first-order valence-electron chi connectivity index (χ1n) is 6.95. The van der Waals surface area contributed by atoms with E-state index >= 15 is 0 Å². The van der Waals surface area contributed by atoms with Gasteiger partial charge in [-0.15, -0.1) is 0 Å². The smallest absolute Gasteiger partial charge is 0.211 e. The van der Waals surface area contributed by atoms with E-state index in [4.69, 9.17) is 0 Å².